The van der Waals surface area contributed by atoms with Crippen LogP contribution in [0.2, 0.25) is 0 Å². The zero-order chi connectivity index (χ0) is 14.9. The number of aliphatic hydroxyl groups is 1. The van der Waals surface area contributed by atoms with E-state index in [9.17, 15) is 5.11 Å². The second kappa shape index (κ2) is 5.81. The summed E-state index contributed by atoms with van der Waals surface area (Å²) in [6, 6.07) is 1.90. The van der Waals surface area contributed by atoms with Gasteiger partial charge >= 0.3 is 0 Å². The molecule has 0 spiro atoms. The summed E-state index contributed by atoms with van der Waals surface area (Å²) < 4.78 is 4.50. The fourth-order valence-electron chi connectivity index (χ4n) is 3.18. The Morgan fingerprint density at radius 2 is 2.27 bits per heavy atom. The molecule has 2 aliphatic rings. The van der Waals surface area contributed by atoms with Crippen molar-refractivity contribution in [3.8, 4) is 0 Å². The Labute approximate surface area is 133 Å². The van der Waals surface area contributed by atoms with E-state index in [0.717, 1.165) is 43.0 Å². The lowest BCUT2D eigenvalue weighted by molar-refractivity contribution is 0.154. The highest BCUT2D eigenvalue weighted by molar-refractivity contribution is 7.10. The number of hydrogen-bond donors (Lipinski definition) is 2. The third kappa shape index (κ3) is 2.66. The number of nitrogens with one attached hydrogen (secondary N) is 1. The maximum Gasteiger partial charge on any atom is 0.229 e. The first-order valence-electron chi connectivity index (χ1n) is 7.80. The average Bonchev–Trinajstić information content (AvgIpc) is 3.13. The van der Waals surface area contributed by atoms with Crippen molar-refractivity contribution in [1.82, 2.24) is 14.3 Å². The summed E-state index contributed by atoms with van der Waals surface area (Å²) in [7, 11) is 0. The molecule has 3 heterocycles. The van der Waals surface area contributed by atoms with E-state index in [0.29, 0.717) is 12.5 Å². The molecule has 1 saturated heterocycles. The number of piperidine rings is 1. The number of β-amino-alcohol motifs (C(OH)–C–C–N with tert-alkyl or cyclic N) is 1. The second-order valence-corrected chi connectivity index (χ2v) is 6.67. The van der Waals surface area contributed by atoms with E-state index in [1.807, 2.05) is 6.07 Å². The molecular weight excluding hydrogens is 298 g/mol. The molecule has 0 radical (unpaired) electrons. The summed E-state index contributed by atoms with van der Waals surface area (Å²) in [6.45, 7) is 1.58. The smallest absolute Gasteiger partial charge is 0.229 e. The Balaban J connectivity index is 1.54. The van der Waals surface area contributed by atoms with Crippen molar-refractivity contribution in [2.75, 3.05) is 23.3 Å². The topological polar surface area (TPSA) is 74.2 Å². The number of hydrogen-bond acceptors (Lipinski definition) is 7. The fourth-order valence-corrected chi connectivity index (χ4v) is 4.05. The summed E-state index contributed by atoms with van der Waals surface area (Å²) in [5, 5.41) is 14.2. The van der Waals surface area contributed by atoms with E-state index in [2.05, 4.69) is 24.6 Å². The maximum atomic E-state index is 9.82. The molecule has 1 aliphatic heterocycles. The van der Waals surface area contributed by atoms with Crippen molar-refractivity contribution in [2.24, 2.45) is 0 Å². The molecule has 116 valence electrons. The maximum absolute atomic E-state index is 9.82. The predicted octanol–water partition coefficient (Wildman–Crippen LogP) is 2.13. The molecule has 2 aromatic heterocycles. The van der Waals surface area contributed by atoms with Gasteiger partial charge in [-0.3, -0.25) is 0 Å². The van der Waals surface area contributed by atoms with Crippen LogP contribution in [0.25, 0.3) is 0 Å². The number of aromatic nitrogens is 3. The van der Waals surface area contributed by atoms with Gasteiger partial charge in [-0.2, -0.15) is 9.36 Å². The van der Waals surface area contributed by atoms with E-state index in [4.69, 9.17) is 0 Å². The largest absolute Gasteiger partial charge is 0.391 e. The average molecular weight is 317 g/mol. The highest BCUT2D eigenvalue weighted by Gasteiger charge is 2.21. The Morgan fingerprint density at radius 3 is 3.18 bits per heavy atom. The van der Waals surface area contributed by atoms with E-state index >= 15 is 0 Å². The minimum atomic E-state index is -0.259. The molecule has 0 amide bonds. The molecule has 0 saturated carbocycles. The fraction of sp³-hybridized carbons (Fsp3) is 0.533. The third-order valence-corrected chi connectivity index (χ3v) is 5.14. The number of anilines is 3. The van der Waals surface area contributed by atoms with Crippen LogP contribution in [0.3, 0.4) is 0 Å². The zero-order valence-electron chi connectivity index (χ0n) is 12.3. The van der Waals surface area contributed by atoms with Crippen LogP contribution in [-0.2, 0) is 12.8 Å². The van der Waals surface area contributed by atoms with Crippen LogP contribution in [0, 0.1) is 0 Å². The highest BCUT2D eigenvalue weighted by atomic mass is 32.1. The minimum Gasteiger partial charge on any atom is -0.391 e. The van der Waals surface area contributed by atoms with Crippen molar-refractivity contribution in [1.29, 1.82) is 0 Å². The van der Waals surface area contributed by atoms with Gasteiger partial charge in [-0.1, -0.05) is 0 Å². The highest BCUT2D eigenvalue weighted by Crippen LogP contribution is 2.33. The van der Waals surface area contributed by atoms with Crippen LogP contribution in [0.15, 0.2) is 12.3 Å². The van der Waals surface area contributed by atoms with E-state index in [-0.39, 0.29) is 6.10 Å². The predicted molar refractivity (Wildman–Crippen MR) is 86.9 cm³/mol. The van der Waals surface area contributed by atoms with Gasteiger partial charge in [-0.25, -0.2) is 4.98 Å². The summed E-state index contributed by atoms with van der Waals surface area (Å²) in [5.41, 5.74) is 2.55. The molecule has 2 aromatic rings. The van der Waals surface area contributed by atoms with Gasteiger partial charge in [-0.15, -0.1) is 0 Å². The third-order valence-electron chi connectivity index (χ3n) is 4.30. The molecule has 1 unspecified atom stereocenters. The normalized spacial score (nSPS) is 21.0. The number of fused-ring (bicyclic) bond motifs is 1. The molecule has 0 aromatic carbocycles. The van der Waals surface area contributed by atoms with Gasteiger partial charge in [0.2, 0.25) is 5.95 Å². The van der Waals surface area contributed by atoms with Gasteiger partial charge in [0, 0.05) is 24.8 Å². The van der Waals surface area contributed by atoms with Crippen LogP contribution in [0.1, 0.15) is 30.5 Å². The number of rotatable bonds is 3. The van der Waals surface area contributed by atoms with E-state index in [1.165, 1.54) is 29.2 Å². The second-order valence-electron chi connectivity index (χ2n) is 5.90. The first kappa shape index (κ1) is 13.9. The molecule has 2 N–H and O–H groups in total. The van der Waals surface area contributed by atoms with Crippen molar-refractivity contribution in [3.05, 3.63) is 23.5 Å². The molecule has 6 nitrogen and oxygen atoms in total. The summed E-state index contributed by atoms with van der Waals surface area (Å²) in [5.74, 6) is 1.48. The summed E-state index contributed by atoms with van der Waals surface area (Å²) >= 11 is 1.49. The van der Waals surface area contributed by atoms with Gasteiger partial charge < -0.3 is 15.3 Å². The quantitative estimate of drug-likeness (QED) is 0.903. The van der Waals surface area contributed by atoms with Crippen molar-refractivity contribution in [3.63, 3.8) is 0 Å². The molecule has 1 atom stereocenters. The van der Waals surface area contributed by atoms with Crippen LogP contribution in [-0.4, -0.2) is 38.6 Å². The van der Waals surface area contributed by atoms with Gasteiger partial charge in [0.1, 0.15) is 10.8 Å². The van der Waals surface area contributed by atoms with Crippen molar-refractivity contribution < 1.29 is 5.11 Å². The Bertz CT molecular complexity index is 674. The molecule has 0 bridgehead atoms. The molecule has 4 rings (SSSR count). The lowest BCUT2D eigenvalue weighted by Gasteiger charge is -2.31. The Morgan fingerprint density at radius 1 is 1.32 bits per heavy atom. The van der Waals surface area contributed by atoms with Gasteiger partial charge in [0.05, 0.1) is 11.8 Å². The molecule has 7 heteroatoms. The van der Waals surface area contributed by atoms with E-state index < -0.39 is 0 Å². The van der Waals surface area contributed by atoms with Gasteiger partial charge in [-0.05, 0) is 49.7 Å². The minimum absolute atomic E-state index is 0.259. The Kier molecular flexibility index (Phi) is 3.67. The van der Waals surface area contributed by atoms with Gasteiger partial charge in [0.15, 0.2) is 0 Å². The summed E-state index contributed by atoms with van der Waals surface area (Å²) in [6.07, 6.45) is 6.74. The van der Waals surface area contributed by atoms with Crippen LogP contribution < -0.4 is 10.2 Å². The van der Waals surface area contributed by atoms with E-state index in [1.54, 1.807) is 6.20 Å². The Hall–Kier alpha value is -1.73. The monoisotopic (exact) mass is 317 g/mol. The van der Waals surface area contributed by atoms with Crippen LogP contribution >= 0.6 is 11.5 Å². The number of aliphatic hydroxyl groups excluding tert-OH is 1. The standard InChI is InChI=1S/C15H19N5OS/c21-10-3-2-8-20(9-10)13-6-7-16-15(17-13)18-14-11-4-1-5-12(11)19-22-14/h6-7,10,21H,1-5,8-9H2,(H,16,17,18). The zero-order valence-corrected chi connectivity index (χ0v) is 13.1. The molecular formula is C15H19N5OS. The lowest BCUT2D eigenvalue weighted by Crippen LogP contribution is -2.38. The lowest BCUT2D eigenvalue weighted by atomic mass is 10.1. The van der Waals surface area contributed by atoms with Gasteiger partial charge in [0.25, 0.3) is 0 Å². The SMILES string of the molecule is OC1CCCN(c2ccnc(Nc3snc4c3CCC4)n2)C1. The molecule has 22 heavy (non-hydrogen) atoms. The number of aryl methyl sites for hydroxylation is 1. The molecule has 1 aliphatic carbocycles. The molecule has 1 fully saturated rings. The van der Waals surface area contributed by atoms with Crippen LogP contribution in [0.5, 0.6) is 0 Å². The van der Waals surface area contributed by atoms with Crippen molar-refractivity contribution in [2.45, 2.75) is 38.2 Å². The number of nitrogens with zero attached hydrogens (tertiary/aromatic N) is 4. The first-order valence-corrected chi connectivity index (χ1v) is 8.57. The van der Waals surface area contributed by atoms with Crippen LogP contribution in [0.4, 0.5) is 16.8 Å². The summed E-state index contributed by atoms with van der Waals surface area (Å²) in [4.78, 5) is 11.0. The van der Waals surface area contributed by atoms with Crippen molar-refractivity contribution >= 4 is 28.3 Å². The first-order chi connectivity index (χ1) is 10.8.